The van der Waals surface area contributed by atoms with Crippen molar-refractivity contribution in [2.24, 2.45) is 44.8 Å². The summed E-state index contributed by atoms with van der Waals surface area (Å²) in [4.78, 5) is 27.8. The van der Waals surface area contributed by atoms with Crippen LogP contribution < -0.4 is 0 Å². The molecule has 0 amide bonds. The van der Waals surface area contributed by atoms with E-state index in [-0.39, 0.29) is 50.5 Å². The van der Waals surface area contributed by atoms with E-state index in [0.717, 1.165) is 63.3 Å². The molecule has 1 aromatic heterocycles. The summed E-state index contributed by atoms with van der Waals surface area (Å²) in [6, 6.07) is 0. The van der Waals surface area contributed by atoms with Crippen LogP contribution in [0.25, 0.3) is 0 Å². The Bertz CT molecular complexity index is 1240. The van der Waals surface area contributed by atoms with Crippen LogP contribution in [0, 0.1) is 50.2 Å². The Kier molecular flexibility index (Phi) is 5.00. The number of hydrogen-bond donors (Lipinski definition) is 1. The fourth-order valence-corrected chi connectivity index (χ4v) is 10.9. The van der Waals surface area contributed by atoms with Crippen LogP contribution in [-0.2, 0) is 21.4 Å². The van der Waals surface area contributed by atoms with Gasteiger partial charge in [-0.2, -0.15) is 0 Å². The topological polar surface area (TPSA) is 84.0 Å². The molecule has 1 heterocycles. The van der Waals surface area contributed by atoms with Gasteiger partial charge in [-0.25, -0.2) is 0 Å². The largest absolute Gasteiger partial charge is 0.361 e. The Balaban J connectivity index is 1.51. The molecule has 1 aromatic rings. The Morgan fingerprint density at radius 3 is 2.46 bits per heavy atom. The van der Waals surface area contributed by atoms with E-state index >= 15 is 0 Å². The van der Waals surface area contributed by atoms with Gasteiger partial charge in [0.2, 0.25) is 0 Å². The maximum absolute atomic E-state index is 14.4. The van der Waals surface area contributed by atoms with Gasteiger partial charge in [-0.05, 0) is 90.9 Å². The number of rotatable bonds is 2. The van der Waals surface area contributed by atoms with Crippen LogP contribution in [-0.4, -0.2) is 22.9 Å². The first kappa shape index (κ1) is 25.2. The number of aromatic nitrogens is 1. The minimum absolute atomic E-state index is 0.00391. The molecule has 0 saturated heterocycles. The number of ketones is 2. The van der Waals surface area contributed by atoms with Crippen molar-refractivity contribution in [2.75, 3.05) is 0 Å². The molecule has 6 rings (SSSR count). The maximum atomic E-state index is 14.4. The zero-order chi connectivity index (χ0) is 26.8. The highest BCUT2D eigenvalue weighted by molar-refractivity contribution is 6.29. The van der Waals surface area contributed by atoms with E-state index in [9.17, 15) is 9.59 Å². The van der Waals surface area contributed by atoms with E-state index in [1.54, 1.807) is 0 Å². The predicted octanol–water partition coefficient (Wildman–Crippen LogP) is 6.89. The number of Topliss-reactive ketones (excluding diaryl/α,β-unsaturated/α-hetero) is 1. The van der Waals surface area contributed by atoms with Gasteiger partial charge in [-0.1, -0.05) is 59.2 Å². The van der Waals surface area contributed by atoms with Gasteiger partial charge in [-0.15, -0.1) is 0 Å². The molecule has 200 valence electrons. The Labute approximate surface area is 221 Å². The van der Waals surface area contributed by atoms with Crippen molar-refractivity contribution in [2.45, 2.75) is 105 Å². The van der Waals surface area contributed by atoms with Gasteiger partial charge in [0.15, 0.2) is 11.6 Å². The van der Waals surface area contributed by atoms with Crippen LogP contribution >= 0.6 is 0 Å². The lowest BCUT2D eigenvalue weighted by Crippen LogP contribution is -2.66. The highest BCUT2D eigenvalue weighted by Gasteiger charge is 2.70. The van der Waals surface area contributed by atoms with E-state index < -0.39 is 5.41 Å². The standard InChI is InChI=1S/C32H44N2O3/c1-27(2)10-12-32(24(36)17-33)13-11-31(7)25(20(32)16-27)21(35)14-23-29(5)15-19-18-34-37-26(19)28(3,4)22(29)8-9-30(23,31)6/h14,17-18,20,22,25,33H,8-13,15-16H2,1-7H3/t20?,22?,25?,29-,30+,31+,32-/m0/s1. The van der Waals surface area contributed by atoms with Gasteiger partial charge in [0, 0.05) is 22.3 Å². The zero-order valence-corrected chi connectivity index (χ0v) is 23.8. The highest BCUT2D eigenvalue weighted by atomic mass is 16.5. The van der Waals surface area contributed by atoms with Crippen molar-refractivity contribution in [3.05, 3.63) is 29.2 Å². The lowest BCUT2D eigenvalue weighted by atomic mass is 9.33. The van der Waals surface area contributed by atoms with Gasteiger partial charge < -0.3 is 9.93 Å². The number of carbonyl (C=O) groups is 2. The molecule has 0 aliphatic heterocycles. The van der Waals surface area contributed by atoms with Crippen molar-refractivity contribution in [3.8, 4) is 0 Å². The van der Waals surface area contributed by atoms with E-state index in [0.29, 0.717) is 5.92 Å². The SMILES string of the molecule is CC1(C)CC[C@]2(C(=O)C=N)CC[C@]3(C)C(C(=O)C=C4[C@@]5(C)Cc6cnoc6C(C)(C)C5CC[C@]43C)C2C1. The van der Waals surface area contributed by atoms with Crippen molar-refractivity contribution in [3.63, 3.8) is 0 Å². The van der Waals surface area contributed by atoms with Crippen LogP contribution in [0.5, 0.6) is 0 Å². The Morgan fingerprint density at radius 2 is 1.76 bits per heavy atom. The minimum atomic E-state index is -0.551. The molecule has 0 spiro atoms. The molecule has 0 radical (unpaired) electrons. The molecule has 0 aromatic carbocycles. The molecule has 3 saturated carbocycles. The zero-order valence-electron chi connectivity index (χ0n) is 23.8. The first-order valence-corrected chi connectivity index (χ1v) is 14.4. The number of hydrogen-bond acceptors (Lipinski definition) is 5. The molecule has 3 fully saturated rings. The molecule has 5 aliphatic carbocycles. The lowest BCUT2D eigenvalue weighted by molar-refractivity contribution is -0.174. The summed E-state index contributed by atoms with van der Waals surface area (Å²) in [5.41, 5.74) is 1.47. The first-order chi connectivity index (χ1) is 17.2. The van der Waals surface area contributed by atoms with Crippen LogP contribution in [0.3, 0.4) is 0 Å². The summed E-state index contributed by atoms with van der Waals surface area (Å²) in [6.07, 6.45) is 12.3. The fourth-order valence-electron chi connectivity index (χ4n) is 10.9. The molecule has 1 N–H and O–H groups in total. The molecule has 0 bridgehead atoms. The Hall–Kier alpha value is -2.04. The molecule has 3 unspecified atom stereocenters. The third-order valence-electron chi connectivity index (χ3n) is 13.0. The van der Waals surface area contributed by atoms with Crippen LogP contribution in [0.15, 0.2) is 22.4 Å². The summed E-state index contributed by atoms with van der Waals surface area (Å²) >= 11 is 0. The summed E-state index contributed by atoms with van der Waals surface area (Å²) in [5.74, 6) is 1.42. The molecule has 37 heavy (non-hydrogen) atoms. The monoisotopic (exact) mass is 504 g/mol. The third kappa shape index (κ3) is 2.92. The second-order valence-electron chi connectivity index (χ2n) is 15.4. The van der Waals surface area contributed by atoms with Crippen molar-refractivity contribution >= 4 is 17.8 Å². The normalized spacial score (nSPS) is 45.3. The molecule has 5 heteroatoms. The van der Waals surface area contributed by atoms with Crippen molar-refractivity contribution in [1.82, 2.24) is 5.16 Å². The van der Waals surface area contributed by atoms with Gasteiger partial charge in [0.1, 0.15) is 5.76 Å². The smallest absolute Gasteiger partial charge is 0.179 e. The fraction of sp³-hybridized carbons (Fsp3) is 0.750. The highest BCUT2D eigenvalue weighted by Crippen LogP contribution is 2.74. The molecule has 5 nitrogen and oxygen atoms in total. The number of nitrogens with zero attached hydrogens (tertiary/aromatic N) is 1. The van der Waals surface area contributed by atoms with Crippen LogP contribution in [0.1, 0.15) is 105 Å². The first-order valence-electron chi connectivity index (χ1n) is 14.4. The summed E-state index contributed by atoms with van der Waals surface area (Å²) < 4.78 is 5.79. The number of fused-ring (bicyclic) bond motifs is 8. The molecular weight excluding hydrogens is 460 g/mol. The van der Waals surface area contributed by atoms with Gasteiger partial charge in [-0.3, -0.25) is 9.59 Å². The van der Waals surface area contributed by atoms with E-state index in [2.05, 4.69) is 59.7 Å². The van der Waals surface area contributed by atoms with Gasteiger partial charge in [0.05, 0.1) is 12.4 Å². The second kappa shape index (κ2) is 7.33. The van der Waals surface area contributed by atoms with Crippen molar-refractivity contribution in [1.29, 1.82) is 5.41 Å². The van der Waals surface area contributed by atoms with Gasteiger partial charge in [0.25, 0.3) is 0 Å². The van der Waals surface area contributed by atoms with Crippen LogP contribution in [0.2, 0.25) is 0 Å². The summed E-state index contributed by atoms with van der Waals surface area (Å²) in [6.45, 7) is 16.4. The van der Waals surface area contributed by atoms with E-state index in [1.807, 2.05) is 6.20 Å². The quantitative estimate of drug-likeness (QED) is 0.445. The maximum Gasteiger partial charge on any atom is 0.179 e. The van der Waals surface area contributed by atoms with Gasteiger partial charge >= 0.3 is 0 Å². The third-order valence-corrected chi connectivity index (χ3v) is 13.0. The van der Waals surface area contributed by atoms with Crippen LogP contribution in [0.4, 0.5) is 0 Å². The van der Waals surface area contributed by atoms with Crippen molar-refractivity contribution < 1.29 is 14.1 Å². The average Bonchev–Trinajstić information content (AvgIpc) is 3.28. The lowest BCUT2D eigenvalue weighted by Gasteiger charge is -2.69. The summed E-state index contributed by atoms with van der Waals surface area (Å²) in [5, 5.41) is 12.1. The van der Waals surface area contributed by atoms with E-state index in [1.165, 1.54) is 11.1 Å². The molecule has 5 aliphatic rings. The number of carbonyl (C=O) groups excluding carboxylic acids is 2. The molecular formula is C32H44N2O3. The second-order valence-corrected chi connectivity index (χ2v) is 15.4. The number of allylic oxidation sites excluding steroid dienone is 2. The Morgan fingerprint density at radius 1 is 1.05 bits per heavy atom. The summed E-state index contributed by atoms with van der Waals surface area (Å²) in [7, 11) is 0. The average molecular weight is 505 g/mol. The number of nitrogens with one attached hydrogen (secondary N) is 1. The molecule has 7 atom stereocenters. The predicted molar refractivity (Wildman–Crippen MR) is 143 cm³/mol. The minimum Gasteiger partial charge on any atom is -0.361 e. The van der Waals surface area contributed by atoms with E-state index in [4.69, 9.17) is 9.93 Å².